The van der Waals surface area contributed by atoms with Crippen molar-refractivity contribution >= 4 is 26.6 Å². The summed E-state index contributed by atoms with van der Waals surface area (Å²) in [5.74, 6) is 0.687. The van der Waals surface area contributed by atoms with Gasteiger partial charge in [-0.3, -0.25) is 0 Å². The van der Waals surface area contributed by atoms with Crippen molar-refractivity contribution in [2.75, 3.05) is 18.9 Å². The number of anilines is 1. The van der Waals surface area contributed by atoms with Gasteiger partial charge in [-0.15, -0.1) is 0 Å². The highest BCUT2D eigenvalue weighted by Gasteiger charge is 2.52. The second-order valence-electron chi connectivity index (χ2n) is 9.84. The van der Waals surface area contributed by atoms with Gasteiger partial charge in [-0.2, -0.15) is 0 Å². The molecule has 5 nitrogen and oxygen atoms in total. The van der Waals surface area contributed by atoms with Crippen LogP contribution in [0.4, 0.5) is 5.69 Å². The van der Waals surface area contributed by atoms with Gasteiger partial charge in [0.05, 0.1) is 17.8 Å². The minimum Gasteiger partial charge on any atom is -0.492 e. The fraction of sp³-hybridized carbons (Fsp3) is 0.700. The van der Waals surface area contributed by atoms with E-state index in [-0.39, 0.29) is 5.04 Å². The van der Waals surface area contributed by atoms with E-state index < -0.39 is 26.6 Å². The molecule has 0 saturated carbocycles. The number of ether oxygens (including phenoxy) is 1. The quantitative estimate of drug-likeness (QED) is 0.450. The average Bonchev–Trinajstić information content (AvgIpc) is 2.70. The lowest BCUT2D eigenvalue weighted by molar-refractivity contribution is 0.00578. The lowest BCUT2D eigenvalue weighted by Crippen LogP contribution is -2.42. The summed E-state index contributed by atoms with van der Waals surface area (Å²) in [5, 5.41) is 0.179. The molecule has 1 aliphatic rings. The fourth-order valence-corrected chi connectivity index (χ4v) is 3.53. The Kier molecular flexibility index (Phi) is 6.13. The Morgan fingerprint density at radius 2 is 1.59 bits per heavy atom. The summed E-state index contributed by atoms with van der Waals surface area (Å²) in [6.45, 7) is 20.3. The topological polar surface area (TPSA) is 62.9 Å². The maximum absolute atomic E-state index is 6.20. The molecule has 0 unspecified atom stereocenters. The summed E-state index contributed by atoms with van der Waals surface area (Å²) in [6, 6.07) is 5.59. The molecular weight excluding hydrogens is 357 g/mol. The lowest BCUT2D eigenvalue weighted by atomic mass is 9.78. The van der Waals surface area contributed by atoms with E-state index in [1.54, 1.807) is 0 Å². The number of hydrogen-bond acceptors (Lipinski definition) is 5. The van der Waals surface area contributed by atoms with Crippen LogP contribution in [-0.4, -0.2) is 39.9 Å². The molecule has 0 radical (unpaired) electrons. The molecule has 1 heterocycles. The second kappa shape index (κ2) is 7.43. The van der Waals surface area contributed by atoms with Gasteiger partial charge in [-0.05, 0) is 51.9 Å². The fourth-order valence-electron chi connectivity index (χ4n) is 2.51. The Labute approximate surface area is 166 Å². The Morgan fingerprint density at radius 1 is 1.04 bits per heavy atom. The highest BCUT2D eigenvalue weighted by Crippen LogP contribution is 2.38. The zero-order valence-corrected chi connectivity index (χ0v) is 19.4. The molecule has 0 atom stereocenters. The van der Waals surface area contributed by atoms with E-state index in [0.29, 0.717) is 24.7 Å². The Hall–Kier alpha value is -1.02. The normalized spacial score (nSPS) is 19.4. The molecule has 0 amide bonds. The molecule has 1 aromatic carbocycles. The summed E-state index contributed by atoms with van der Waals surface area (Å²) in [4.78, 5) is 0. The van der Waals surface area contributed by atoms with E-state index in [1.165, 1.54) is 0 Å². The van der Waals surface area contributed by atoms with Crippen LogP contribution in [0.3, 0.4) is 0 Å². The molecule has 2 N–H and O–H groups in total. The van der Waals surface area contributed by atoms with Gasteiger partial charge in [-0.25, -0.2) is 0 Å². The maximum Gasteiger partial charge on any atom is 0.498 e. The van der Waals surface area contributed by atoms with Crippen LogP contribution in [0.25, 0.3) is 0 Å². The molecular formula is C20H36BNO4Si. The molecule has 1 saturated heterocycles. The van der Waals surface area contributed by atoms with Gasteiger partial charge < -0.3 is 24.2 Å². The summed E-state index contributed by atoms with van der Waals surface area (Å²) in [6.07, 6.45) is 0. The predicted molar refractivity (Wildman–Crippen MR) is 115 cm³/mol. The maximum atomic E-state index is 6.20. The second-order valence-corrected chi connectivity index (χ2v) is 14.7. The van der Waals surface area contributed by atoms with E-state index in [2.05, 4.69) is 33.9 Å². The van der Waals surface area contributed by atoms with Crippen molar-refractivity contribution in [1.82, 2.24) is 0 Å². The number of nitrogen functional groups attached to an aromatic ring is 1. The van der Waals surface area contributed by atoms with Crippen LogP contribution in [0.5, 0.6) is 5.75 Å². The highest BCUT2D eigenvalue weighted by molar-refractivity contribution is 6.74. The minimum absolute atomic E-state index is 0.179. The van der Waals surface area contributed by atoms with E-state index in [0.717, 1.165) is 5.46 Å². The SMILES string of the molecule is CC1(C)OB(c2ccc(N)cc2OCCO[Si](C)(C)C(C)(C)C)OC1(C)C. The van der Waals surface area contributed by atoms with E-state index in [9.17, 15) is 0 Å². The van der Waals surface area contributed by atoms with Crippen LogP contribution >= 0.6 is 0 Å². The predicted octanol–water partition coefficient (Wildman–Crippen LogP) is 3.97. The Morgan fingerprint density at radius 3 is 2.11 bits per heavy atom. The van der Waals surface area contributed by atoms with Crippen molar-refractivity contribution in [2.45, 2.75) is 77.8 Å². The van der Waals surface area contributed by atoms with Crippen LogP contribution < -0.4 is 15.9 Å². The molecule has 1 aromatic rings. The van der Waals surface area contributed by atoms with E-state index >= 15 is 0 Å². The van der Waals surface area contributed by atoms with Gasteiger partial charge in [0.2, 0.25) is 0 Å². The minimum atomic E-state index is -1.79. The van der Waals surface area contributed by atoms with Crippen molar-refractivity contribution in [2.24, 2.45) is 0 Å². The molecule has 2 rings (SSSR count). The number of hydrogen-bond donors (Lipinski definition) is 1. The van der Waals surface area contributed by atoms with Crippen LogP contribution in [0.15, 0.2) is 18.2 Å². The van der Waals surface area contributed by atoms with Gasteiger partial charge in [0.1, 0.15) is 12.4 Å². The number of benzene rings is 1. The first kappa shape index (κ1) is 22.3. The summed E-state index contributed by atoms with van der Waals surface area (Å²) < 4.78 is 24.6. The molecule has 0 bridgehead atoms. The molecule has 0 aliphatic carbocycles. The van der Waals surface area contributed by atoms with Gasteiger partial charge >= 0.3 is 7.12 Å². The van der Waals surface area contributed by atoms with E-state index in [1.807, 2.05) is 45.9 Å². The number of rotatable bonds is 6. The van der Waals surface area contributed by atoms with Crippen molar-refractivity contribution in [3.8, 4) is 5.75 Å². The summed E-state index contributed by atoms with van der Waals surface area (Å²) in [5.41, 5.74) is 6.68. The third kappa shape index (κ3) is 4.88. The first-order chi connectivity index (χ1) is 12.2. The standard InChI is InChI=1S/C20H36BNO4Si/c1-18(2,3)27(8,9)24-13-12-23-17-14-15(22)10-11-16(17)21-25-19(4,5)20(6,7)26-21/h10-11,14H,12-13,22H2,1-9H3. The van der Waals surface area contributed by atoms with Crippen LogP contribution in [0.1, 0.15) is 48.5 Å². The molecule has 152 valence electrons. The largest absolute Gasteiger partial charge is 0.498 e. The van der Waals surface area contributed by atoms with Crippen LogP contribution in [-0.2, 0) is 13.7 Å². The molecule has 7 heteroatoms. The third-order valence-corrected chi connectivity index (χ3v) is 10.7. The molecule has 0 spiro atoms. The lowest BCUT2D eigenvalue weighted by Gasteiger charge is -2.36. The van der Waals surface area contributed by atoms with Crippen LogP contribution in [0.2, 0.25) is 18.1 Å². The first-order valence-electron chi connectivity index (χ1n) is 9.68. The Balaban J connectivity index is 2.07. The molecule has 1 aliphatic heterocycles. The zero-order chi connectivity index (χ0) is 20.7. The third-order valence-electron chi connectivity index (χ3n) is 6.15. The summed E-state index contributed by atoms with van der Waals surface area (Å²) in [7, 11) is -2.27. The number of nitrogens with two attached hydrogens (primary N) is 1. The van der Waals surface area contributed by atoms with Crippen molar-refractivity contribution in [1.29, 1.82) is 0 Å². The van der Waals surface area contributed by atoms with Crippen molar-refractivity contribution in [3.05, 3.63) is 18.2 Å². The van der Waals surface area contributed by atoms with Crippen LogP contribution in [0, 0.1) is 0 Å². The molecule has 0 aromatic heterocycles. The highest BCUT2D eigenvalue weighted by atomic mass is 28.4. The van der Waals surface area contributed by atoms with Gasteiger partial charge in [0.15, 0.2) is 8.32 Å². The molecule has 27 heavy (non-hydrogen) atoms. The van der Waals surface area contributed by atoms with Crippen molar-refractivity contribution in [3.63, 3.8) is 0 Å². The van der Waals surface area contributed by atoms with E-state index in [4.69, 9.17) is 24.2 Å². The Bertz CT molecular complexity index is 654. The monoisotopic (exact) mass is 393 g/mol. The first-order valence-corrected chi connectivity index (χ1v) is 12.6. The average molecular weight is 393 g/mol. The van der Waals surface area contributed by atoms with Gasteiger partial charge in [0, 0.05) is 17.2 Å². The smallest absolute Gasteiger partial charge is 0.492 e. The van der Waals surface area contributed by atoms with Gasteiger partial charge in [0.25, 0.3) is 0 Å². The van der Waals surface area contributed by atoms with Gasteiger partial charge in [-0.1, -0.05) is 26.8 Å². The summed E-state index contributed by atoms with van der Waals surface area (Å²) >= 11 is 0. The zero-order valence-electron chi connectivity index (χ0n) is 18.4. The van der Waals surface area contributed by atoms with Crippen molar-refractivity contribution < 1.29 is 18.5 Å². The molecule has 1 fully saturated rings.